The predicted octanol–water partition coefficient (Wildman–Crippen LogP) is 9.30. The van der Waals surface area contributed by atoms with Gasteiger partial charge in [0.25, 0.3) is 0 Å². The Bertz CT molecular complexity index is 1950. The second-order valence-corrected chi connectivity index (χ2v) is 21.0. The highest BCUT2D eigenvalue weighted by atomic mass is 35.5. The molecule has 7 rings (SSSR count). The minimum absolute atomic E-state index is 0.00466. The molecule has 15 heteroatoms. The molecule has 2 saturated heterocycles. The van der Waals surface area contributed by atoms with Crippen molar-refractivity contribution in [1.82, 2.24) is 9.88 Å². The number of carbonyl (C=O) groups excluding carboxylic acids is 2. The van der Waals surface area contributed by atoms with Crippen molar-refractivity contribution in [3.05, 3.63) is 51.5 Å². The number of ether oxygens (including phenoxy) is 8. The van der Waals surface area contributed by atoms with Crippen LogP contribution in [0.2, 0.25) is 5.02 Å². The van der Waals surface area contributed by atoms with Gasteiger partial charge in [0.05, 0.1) is 47.2 Å². The van der Waals surface area contributed by atoms with Gasteiger partial charge in [-0.3, -0.25) is 9.59 Å². The molecule has 0 bridgehead atoms. The number of nitrogens with one attached hydrogen (secondary N) is 1. The summed E-state index contributed by atoms with van der Waals surface area (Å²) >= 11 is 8.29. The Morgan fingerprint density at radius 1 is 0.938 bits per heavy atom. The van der Waals surface area contributed by atoms with Crippen LogP contribution in [0.15, 0.2) is 35.9 Å². The van der Waals surface area contributed by atoms with Crippen LogP contribution in [0.4, 0.5) is 10.8 Å². The van der Waals surface area contributed by atoms with Crippen molar-refractivity contribution in [2.24, 2.45) is 29.6 Å². The van der Waals surface area contributed by atoms with Crippen molar-refractivity contribution in [1.29, 1.82) is 0 Å². The number of cyclic esters (lactones) is 1. The van der Waals surface area contributed by atoms with Crippen LogP contribution >= 0.6 is 22.9 Å². The summed E-state index contributed by atoms with van der Waals surface area (Å²) in [5.41, 5.74) is 2.36. The first-order chi connectivity index (χ1) is 31.2. The summed E-state index contributed by atoms with van der Waals surface area (Å²) in [5, 5.41) is 4.81. The molecule has 3 aliphatic carbocycles. The number of anilines is 2. The number of thiazole rings is 1. The van der Waals surface area contributed by atoms with Crippen LogP contribution in [0.5, 0.6) is 0 Å². The Morgan fingerprint density at radius 2 is 1.68 bits per heavy atom. The fourth-order valence-electron chi connectivity index (χ4n) is 11.8. The van der Waals surface area contributed by atoms with E-state index in [1.165, 1.54) is 0 Å². The van der Waals surface area contributed by atoms with Crippen LogP contribution in [-0.4, -0.2) is 126 Å². The largest absolute Gasteiger partial charge is 0.462 e. The van der Waals surface area contributed by atoms with Gasteiger partial charge in [0, 0.05) is 63.0 Å². The van der Waals surface area contributed by atoms with E-state index in [-0.39, 0.29) is 78.3 Å². The molecule has 1 aromatic heterocycles. The summed E-state index contributed by atoms with van der Waals surface area (Å²) in [6.07, 6.45) is 4.99. The van der Waals surface area contributed by atoms with Gasteiger partial charge in [-0.15, -0.1) is 11.3 Å². The molecule has 65 heavy (non-hydrogen) atoms. The van der Waals surface area contributed by atoms with E-state index in [1.807, 2.05) is 31.2 Å². The molecule has 5 aliphatic rings. The number of benzene rings is 1. The highest BCUT2D eigenvalue weighted by Crippen LogP contribution is 2.63. The number of carbonyl (C=O) groups is 2. The summed E-state index contributed by atoms with van der Waals surface area (Å²) < 4.78 is 50.5. The van der Waals surface area contributed by atoms with Crippen LogP contribution in [0.3, 0.4) is 0 Å². The van der Waals surface area contributed by atoms with Gasteiger partial charge in [-0.25, -0.2) is 4.98 Å². The molecular weight excluding hydrogens is 870 g/mol. The van der Waals surface area contributed by atoms with E-state index in [2.05, 4.69) is 58.1 Å². The van der Waals surface area contributed by atoms with Crippen molar-refractivity contribution < 1.29 is 47.5 Å². The number of fused-ring (bicyclic) bond motifs is 8. The maximum absolute atomic E-state index is 15.3. The molecular formula is C50H74ClN3O10S. The number of hydrogen-bond acceptors (Lipinski definition) is 14. The minimum atomic E-state index is -0.747. The Balaban J connectivity index is 1.24. The van der Waals surface area contributed by atoms with Crippen molar-refractivity contribution in [2.45, 2.75) is 166 Å². The number of aromatic nitrogens is 1. The number of para-hydroxylation sites is 1. The molecule has 1 saturated carbocycles. The van der Waals surface area contributed by atoms with Gasteiger partial charge in [0.15, 0.2) is 23.5 Å². The normalized spacial score (nSPS) is 33.7. The van der Waals surface area contributed by atoms with Gasteiger partial charge in [-0.05, 0) is 108 Å². The van der Waals surface area contributed by atoms with Gasteiger partial charge in [0.1, 0.15) is 18.3 Å². The predicted molar refractivity (Wildman–Crippen MR) is 252 cm³/mol. The third-order valence-electron chi connectivity index (χ3n) is 15.1. The smallest absolute Gasteiger partial charge is 0.306 e. The number of Topliss-reactive ketones (excluding diaryl/α,β-unsaturated/α-hetero) is 1. The van der Waals surface area contributed by atoms with Crippen LogP contribution < -0.4 is 5.32 Å². The second-order valence-electron chi connectivity index (χ2n) is 19.5. The molecule has 0 radical (unpaired) electrons. The molecule has 7 unspecified atom stereocenters. The first-order valence-electron chi connectivity index (χ1n) is 23.9. The lowest BCUT2D eigenvalue weighted by Gasteiger charge is -2.40. The van der Waals surface area contributed by atoms with E-state index >= 15 is 4.79 Å². The number of ketones is 1. The molecule has 16 atom stereocenters. The fraction of sp³-hybridized carbons (Fsp3) is 0.740. The molecule has 0 spiro atoms. The number of methoxy groups -OCH3 is 4. The van der Waals surface area contributed by atoms with Gasteiger partial charge in [0.2, 0.25) is 0 Å². The van der Waals surface area contributed by atoms with E-state index in [1.54, 1.807) is 39.8 Å². The van der Waals surface area contributed by atoms with Gasteiger partial charge in [-0.2, -0.15) is 0 Å². The summed E-state index contributed by atoms with van der Waals surface area (Å²) in [4.78, 5) is 38.1. The number of esters is 1. The minimum Gasteiger partial charge on any atom is -0.462 e. The van der Waals surface area contributed by atoms with Crippen molar-refractivity contribution in [2.75, 3.05) is 47.9 Å². The van der Waals surface area contributed by atoms with E-state index in [4.69, 9.17) is 54.5 Å². The fourth-order valence-corrected chi connectivity index (χ4v) is 13.2. The number of nitrogens with zero attached hydrogens (tertiary/aromatic N) is 2. The Hall–Kier alpha value is -2.50. The molecule has 2 aliphatic heterocycles. The number of likely N-dealkylation sites (N-methyl/N-ethyl adjacent to an activating group) is 1. The molecule has 3 fully saturated rings. The molecule has 362 valence electrons. The van der Waals surface area contributed by atoms with E-state index in [9.17, 15) is 4.79 Å². The maximum Gasteiger partial charge on any atom is 0.306 e. The van der Waals surface area contributed by atoms with Crippen LogP contribution in [0.1, 0.15) is 115 Å². The molecule has 0 amide bonds. The van der Waals surface area contributed by atoms with Gasteiger partial charge < -0.3 is 48.1 Å². The van der Waals surface area contributed by atoms with Crippen LogP contribution in [0, 0.1) is 29.6 Å². The first-order valence-corrected chi connectivity index (χ1v) is 25.1. The number of hydrogen-bond donors (Lipinski definition) is 1. The number of halogens is 1. The zero-order chi connectivity index (χ0) is 46.7. The van der Waals surface area contributed by atoms with E-state index in [0.717, 1.165) is 35.5 Å². The van der Waals surface area contributed by atoms with E-state index in [0.29, 0.717) is 53.9 Å². The van der Waals surface area contributed by atoms with Crippen LogP contribution in [0.25, 0.3) is 0 Å². The highest BCUT2D eigenvalue weighted by Gasteiger charge is 2.56. The average molecular weight is 945 g/mol. The number of allylic oxidation sites excluding steroid dienone is 2. The maximum atomic E-state index is 15.3. The lowest BCUT2D eigenvalue weighted by atomic mass is 9.67. The van der Waals surface area contributed by atoms with Crippen molar-refractivity contribution in [3.8, 4) is 0 Å². The lowest BCUT2D eigenvalue weighted by molar-refractivity contribution is -0.246. The Morgan fingerprint density at radius 3 is 2.32 bits per heavy atom. The molecule has 13 nitrogen and oxygen atoms in total. The average Bonchev–Trinajstić information content (AvgIpc) is 4.00. The van der Waals surface area contributed by atoms with Crippen molar-refractivity contribution in [3.63, 3.8) is 0 Å². The van der Waals surface area contributed by atoms with Gasteiger partial charge in [-0.1, -0.05) is 57.5 Å². The molecule has 2 aromatic rings. The Kier molecular flexibility index (Phi) is 17.3. The molecule has 3 heterocycles. The highest BCUT2D eigenvalue weighted by molar-refractivity contribution is 7.15. The zero-order valence-electron chi connectivity index (χ0n) is 40.3. The van der Waals surface area contributed by atoms with Crippen molar-refractivity contribution >= 4 is 45.5 Å². The summed E-state index contributed by atoms with van der Waals surface area (Å²) in [6, 6.07) is 7.93. The first kappa shape index (κ1) is 50.4. The van der Waals surface area contributed by atoms with E-state index < -0.39 is 36.6 Å². The number of rotatable bonds is 16. The van der Waals surface area contributed by atoms with Gasteiger partial charge >= 0.3 is 5.97 Å². The standard InChI is InChI=1S/C50H74ClN3O10S/c1-12-29-16-15-19-39(64-41-21-20-38(54(6)7)28(5)61-41)27(4)44(56)34-24-32-31-22-30(63-49(60-11)47(59-10)46(58-9)45(57-8)26(2)3)23-35(31)48-43(42(32)33(34)25-40(55)62-29)53-50(65-48)52-37-18-14-13-17-36(37)51/h13-14,17-18,24,26-33,35,38-39,41-42,45-47,49H,12,15-16,19-23,25H2,1-11H3,(H,52,53)/t27-,28?,29+,30+,31+,32+,33-,35?,38+,39+,41+,42?,45?,46?,47?,49?/m1/s1. The zero-order valence-corrected chi connectivity index (χ0v) is 41.9. The summed E-state index contributed by atoms with van der Waals surface area (Å²) in [6.45, 7) is 10.3. The SMILES string of the molecule is CC[C@H]1CCC[C@H](O[C@H]2CC[C@H](N(C)C)C(C)O2)[C@@H](C)C(=O)C2=C[C@@H]3C(c4nc(Nc5ccccc5Cl)sc4C4C[C@@H](OC(OC)C(OC)C(OC)C(OC)C(C)C)C[C@H]43)[C@@H]2CC(=O)O1. The monoisotopic (exact) mass is 943 g/mol. The quantitative estimate of drug-likeness (QED) is 0.127. The lowest BCUT2D eigenvalue weighted by Crippen LogP contribution is -2.51. The van der Waals surface area contributed by atoms with Crippen LogP contribution in [-0.2, 0) is 47.5 Å². The molecule has 1 N–H and O–H groups in total. The summed E-state index contributed by atoms with van der Waals surface area (Å²) in [7, 11) is 10.8. The topological polar surface area (TPSA) is 136 Å². The second kappa shape index (κ2) is 22.3. The third kappa shape index (κ3) is 10.9. The molecule has 1 aromatic carbocycles. The summed E-state index contributed by atoms with van der Waals surface area (Å²) in [5.74, 6) is -1.15. The third-order valence-corrected chi connectivity index (χ3v) is 16.5. The Labute approximate surface area is 395 Å².